The van der Waals surface area contributed by atoms with Crippen LogP contribution in [0.1, 0.15) is 0 Å². The maximum absolute atomic E-state index is 10.4. The highest BCUT2D eigenvalue weighted by Gasteiger charge is 2.01. The lowest BCUT2D eigenvalue weighted by molar-refractivity contribution is -0.141. The van der Waals surface area contributed by atoms with Crippen molar-refractivity contribution in [2.45, 2.75) is 0 Å². The Bertz CT molecular complexity index is 119. The molecule has 1 amide bonds. The Balaban J connectivity index is 3.35. The van der Waals surface area contributed by atoms with Crippen LogP contribution in [0.25, 0.3) is 0 Å². The van der Waals surface area contributed by atoms with Crippen LogP contribution in [0.4, 0.5) is 0 Å². The zero-order valence-electron chi connectivity index (χ0n) is 5.72. The molecular weight excluding hydrogens is 136 g/mol. The zero-order valence-corrected chi connectivity index (χ0v) is 5.72. The monoisotopic (exact) mass is 146 g/mol. The molecule has 5 heteroatoms. The van der Waals surface area contributed by atoms with Crippen molar-refractivity contribution in [2.24, 2.45) is 5.73 Å². The molecule has 0 atom stereocenters. The maximum atomic E-state index is 10.4. The van der Waals surface area contributed by atoms with E-state index in [1.54, 1.807) is 0 Å². The Kier molecular flexibility index (Phi) is 4.23. The smallest absolute Gasteiger partial charge is 0.325 e. The van der Waals surface area contributed by atoms with Crippen molar-refractivity contribution < 1.29 is 14.3 Å². The van der Waals surface area contributed by atoms with Gasteiger partial charge in [-0.05, 0) is 0 Å². The quantitative estimate of drug-likeness (QED) is 0.462. The molecule has 0 radical (unpaired) electrons. The third kappa shape index (κ3) is 3.85. The lowest BCUT2D eigenvalue weighted by atomic mass is 10.5. The van der Waals surface area contributed by atoms with Gasteiger partial charge < -0.3 is 15.8 Å². The van der Waals surface area contributed by atoms with Crippen molar-refractivity contribution >= 4 is 11.9 Å². The fourth-order valence-corrected chi connectivity index (χ4v) is 0.315. The molecule has 58 valence electrons. The Morgan fingerprint density at radius 3 is 2.60 bits per heavy atom. The number of esters is 1. The number of carbonyl (C=O) groups excluding carboxylic acids is 2. The van der Waals surface area contributed by atoms with Crippen LogP contribution < -0.4 is 11.1 Å². The summed E-state index contributed by atoms with van der Waals surface area (Å²) >= 11 is 0. The molecule has 0 aliphatic heterocycles. The molecule has 3 N–H and O–H groups in total. The number of hydrogen-bond acceptors (Lipinski definition) is 4. The van der Waals surface area contributed by atoms with Crippen molar-refractivity contribution in [1.29, 1.82) is 0 Å². The molecule has 0 heterocycles. The van der Waals surface area contributed by atoms with Gasteiger partial charge in [-0.25, -0.2) is 0 Å². The van der Waals surface area contributed by atoms with Crippen LogP contribution >= 0.6 is 0 Å². The van der Waals surface area contributed by atoms with Crippen molar-refractivity contribution in [3.8, 4) is 0 Å². The maximum Gasteiger partial charge on any atom is 0.325 e. The summed E-state index contributed by atoms with van der Waals surface area (Å²) in [6.07, 6.45) is 0. The van der Waals surface area contributed by atoms with Gasteiger partial charge in [-0.2, -0.15) is 0 Å². The van der Waals surface area contributed by atoms with Crippen LogP contribution in [0.2, 0.25) is 0 Å². The fourth-order valence-electron chi connectivity index (χ4n) is 0.315. The van der Waals surface area contributed by atoms with Crippen LogP contribution in [0, 0.1) is 0 Å². The Morgan fingerprint density at radius 1 is 1.60 bits per heavy atom. The summed E-state index contributed by atoms with van der Waals surface area (Å²) in [7, 11) is 1.25. The van der Waals surface area contributed by atoms with Gasteiger partial charge in [-0.3, -0.25) is 9.59 Å². The Hall–Kier alpha value is -1.10. The Morgan fingerprint density at radius 2 is 2.20 bits per heavy atom. The second-order valence-electron chi connectivity index (χ2n) is 1.56. The summed E-state index contributed by atoms with van der Waals surface area (Å²) < 4.78 is 4.25. The molecule has 0 unspecified atom stereocenters. The minimum Gasteiger partial charge on any atom is -0.468 e. The van der Waals surface area contributed by atoms with Gasteiger partial charge in [0, 0.05) is 0 Å². The van der Waals surface area contributed by atoms with Gasteiger partial charge in [0.2, 0.25) is 5.91 Å². The number of nitrogens with two attached hydrogens (primary N) is 1. The van der Waals surface area contributed by atoms with Crippen molar-refractivity contribution in [1.82, 2.24) is 5.32 Å². The first kappa shape index (κ1) is 8.90. The van der Waals surface area contributed by atoms with Crippen LogP contribution in [0.15, 0.2) is 0 Å². The molecule has 0 aromatic carbocycles. The van der Waals surface area contributed by atoms with Gasteiger partial charge >= 0.3 is 5.97 Å². The molecule has 0 spiro atoms. The minimum atomic E-state index is -0.484. The van der Waals surface area contributed by atoms with Crippen LogP contribution in [-0.4, -0.2) is 32.1 Å². The van der Waals surface area contributed by atoms with E-state index in [1.165, 1.54) is 7.11 Å². The van der Waals surface area contributed by atoms with E-state index >= 15 is 0 Å². The normalized spacial score (nSPS) is 8.60. The number of nitrogens with one attached hydrogen (secondary N) is 1. The lowest BCUT2D eigenvalue weighted by Gasteiger charge is -1.99. The number of methoxy groups -OCH3 is 1. The van der Waals surface area contributed by atoms with Crippen molar-refractivity contribution in [3.63, 3.8) is 0 Å². The van der Waals surface area contributed by atoms with Crippen LogP contribution in [0.5, 0.6) is 0 Å². The average molecular weight is 146 g/mol. The number of rotatable bonds is 3. The van der Waals surface area contributed by atoms with E-state index in [1.807, 2.05) is 0 Å². The number of amides is 1. The summed E-state index contributed by atoms with van der Waals surface area (Å²) in [4.78, 5) is 20.7. The van der Waals surface area contributed by atoms with Gasteiger partial charge in [-0.15, -0.1) is 0 Å². The standard InChI is InChI=1S/C5H10N2O3/c1-10-5(9)3-7-4(8)2-6/h2-3,6H2,1H3,(H,7,8). The number of hydrogen-bond donors (Lipinski definition) is 2. The molecular formula is C5H10N2O3. The second-order valence-corrected chi connectivity index (χ2v) is 1.56. The molecule has 10 heavy (non-hydrogen) atoms. The predicted octanol–water partition coefficient (Wildman–Crippen LogP) is -1.77. The van der Waals surface area contributed by atoms with Crippen LogP contribution in [0.3, 0.4) is 0 Å². The topological polar surface area (TPSA) is 81.4 Å². The van der Waals surface area contributed by atoms with E-state index in [2.05, 4.69) is 10.1 Å². The van der Waals surface area contributed by atoms with Gasteiger partial charge in [-0.1, -0.05) is 0 Å². The van der Waals surface area contributed by atoms with Crippen molar-refractivity contribution in [3.05, 3.63) is 0 Å². The average Bonchev–Trinajstić information content (AvgIpc) is 1.99. The molecule has 0 aromatic rings. The highest BCUT2D eigenvalue weighted by atomic mass is 16.5. The first-order chi connectivity index (χ1) is 4.70. The molecule has 0 aliphatic rings. The Labute approximate surface area is 58.5 Å². The van der Waals surface area contributed by atoms with Crippen LogP contribution in [-0.2, 0) is 14.3 Å². The van der Waals surface area contributed by atoms with E-state index in [4.69, 9.17) is 5.73 Å². The van der Waals surface area contributed by atoms with E-state index in [9.17, 15) is 9.59 Å². The first-order valence-corrected chi connectivity index (χ1v) is 2.74. The van der Waals surface area contributed by atoms with Gasteiger partial charge in [0.25, 0.3) is 0 Å². The fraction of sp³-hybridized carbons (Fsp3) is 0.600. The largest absolute Gasteiger partial charge is 0.468 e. The lowest BCUT2D eigenvalue weighted by Crippen LogP contribution is -2.34. The molecule has 0 bridgehead atoms. The molecule has 0 aromatic heterocycles. The third-order valence-electron chi connectivity index (χ3n) is 0.843. The summed E-state index contributed by atoms with van der Waals surface area (Å²) in [5.41, 5.74) is 4.94. The summed E-state index contributed by atoms with van der Waals surface area (Å²) in [5, 5.41) is 2.24. The molecule has 0 aliphatic carbocycles. The minimum absolute atomic E-state index is 0.114. The molecule has 0 fully saturated rings. The number of carbonyl (C=O) groups is 2. The van der Waals surface area contributed by atoms with E-state index in [0.717, 1.165) is 0 Å². The van der Waals surface area contributed by atoms with E-state index in [-0.39, 0.29) is 19.0 Å². The van der Waals surface area contributed by atoms with Crippen molar-refractivity contribution in [2.75, 3.05) is 20.2 Å². The van der Waals surface area contributed by atoms with Gasteiger partial charge in [0.15, 0.2) is 0 Å². The molecule has 0 saturated carbocycles. The van der Waals surface area contributed by atoms with Gasteiger partial charge in [0.1, 0.15) is 6.54 Å². The highest BCUT2D eigenvalue weighted by Crippen LogP contribution is 1.68. The molecule has 0 saturated heterocycles. The third-order valence-corrected chi connectivity index (χ3v) is 0.843. The second kappa shape index (κ2) is 4.75. The SMILES string of the molecule is COC(=O)CNC(=O)CN. The summed E-state index contributed by atoms with van der Waals surface area (Å²) in [6, 6.07) is 0. The van der Waals surface area contributed by atoms with Gasteiger partial charge in [0.05, 0.1) is 13.7 Å². The number of ether oxygens (including phenoxy) is 1. The van der Waals surface area contributed by atoms with E-state index < -0.39 is 5.97 Å². The highest BCUT2D eigenvalue weighted by molar-refractivity contribution is 5.82. The summed E-state index contributed by atoms with van der Waals surface area (Å²) in [5.74, 6) is -0.854. The van der Waals surface area contributed by atoms with E-state index in [0.29, 0.717) is 0 Å². The molecule has 0 rings (SSSR count). The molecule has 5 nitrogen and oxygen atoms in total. The zero-order chi connectivity index (χ0) is 7.98. The first-order valence-electron chi connectivity index (χ1n) is 2.74. The summed E-state index contributed by atoms with van der Waals surface area (Å²) in [6.45, 7) is -0.233. The predicted molar refractivity (Wildman–Crippen MR) is 34.1 cm³/mol.